The zero-order chi connectivity index (χ0) is 36.6. The molecule has 0 radical (unpaired) electrons. The number of nitrogens with zero attached hydrogens (tertiary/aromatic N) is 4. The van der Waals surface area contributed by atoms with Crippen LogP contribution < -0.4 is 9.80 Å². The molecule has 8 nitrogen and oxygen atoms in total. The SMILES string of the molecule is O=C1N(C2CCC(O)CC2)CC[C@]12CCCN(c1cccc(Cl)c1Cl)C2.O=C1N(C2CCC(O)CC2)CC[C@]12CCCN(c1cccc(Cl)c1Cl)C2. The van der Waals surface area contributed by atoms with E-state index in [1.165, 1.54) is 0 Å². The van der Waals surface area contributed by atoms with E-state index in [-0.39, 0.29) is 23.0 Å². The molecule has 0 unspecified atom stereocenters. The van der Waals surface area contributed by atoms with Gasteiger partial charge in [0.15, 0.2) is 0 Å². The van der Waals surface area contributed by atoms with Crippen molar-refractivity contribution < 1.29 is 19.8 Å². The lowest BCUT2D eigenvalue weighted by Crippen LogP contribution is -2.50. The number of amides is 2. The van der Waals surface area contributed by atoms with Gasteiger partial charge in [-0.1, -0.05) is 58.5 Å². The van der Waals surface area contributed by atoms with Crippen molar-refractivity contribution in [1.82, 2.24) is 9.80 Å². The van der Waals surface area contributed by atoms with Crippen LogP contribution in [0.15, 0.2) is 36.4 Å². The Labute approximate surface area is 328 Å². The topological polar surface area (TPSA) is 87.6 Å². The molecule has 4 aliphatic heterocycles. The van der Waals surface area contributed by atoms with Crippen molar-refractivity contribution in [3.8, 4) is 0 Å². The molecular formula is C40H52Cl4N4O4. The van der Waals surface area contributed by atoms with E-state index in [4.69, 9.17) is 46.4 Å². The molecular weight excluding hydrogens is 742 g/mol. The van der Waals surface area contributed by atoms with Crippen LogP contribution in [0.3, 0.4) is 0 Å². The molecule has 8 rings (SSSR count). The zero-order valence-electron chi connectivity index (χ0n) is 29.9. The summed E-state index contributed by atoms with van der Waals surface area (Å²) in [7, 11) is 0. The first-order valence-corrected chi connectivity index (χ1v) is 20.9. The van der Waals surface area contributed by atoms with Crippen molar-refractivity contribution in [3.63, 3.8) is 0 Å². The van der Waals surface area contributed by atoms with E-state index < -0.39 is 0 Å². The molecule has 2 atom stereocenters. The van der Waals surface area contributed by atoms with Crippen LogP contribution >= 0.6 is 46.4 Å². The van der Waals surface area contributed by atoms with Gasteiger partial charge in [-0.25, -0.2) is 0 Å². The van der Waals surface area contributed by atoms with Gasteiger partial charge in [0.25, 0.3) is 0 Å². The summed E-state index contributed by atoms with van der Waals surface area (Å²) < 4.78 is 0. The first-order chi connectivity index (χ1) is 25.0. The van der Waals surface area contributed by atoms with E-state index in [0.717, 1.165) is 141 Å². The summed E-state index contributed by atoms with van der Waals surface area (Å²) in [5.74, 6) is 0.614. The van der Waals surface area contributed by atoms with Crippen molar-refractivity contribution in [3.05, 3.63) is 56.5 Å². The summed E-state index contributed by atoms with van der Waals surface area (Å²) in [6.07, 6.45) is 12.3. The van der Waals surface area contributed by atoms with E-state index in [0.29, 0.717) is 44.0 Å². The maximum Gasteiger partial charge on any atom is 0.230 e. The Morgan fingerprint density at radius 2 is 0.923 bits per heavy atom. The van der Waals surface area contributed by atoms with Crippen molar-refractivity contribution in [1.29, 1.82) is 0 Å². The first-order valence-electron chi connectivity index (χ1n) is 19.4. The highest BCUT2D eigenvalue weighted by molar-refractivity contribution is 6.44. The fraction of sp³-hybridized carbons (Fsp3) is 0.650. The predicted molar refractivity (Wildman–Crippen MR) is 210 cm³/mol. The number of benzene rings is 2. The summed E-state index contributed by atoms with van der Waals surface area (Å²) in [5, 5.41) is 21.8. The molecule has 0 bridgehead atoms. The second-order valence-corrected chi connectivity index (χ2v) is 17.7. The lowest BCUT2D eigenvalue weighted by molar-refractivity contribution is -0.140. The monoisotopic (exact) mass is 792 g/mol. The minimum absolute atomic E-state index is 0.187. The van der Waals surface area contributed by atoms with Crippen LogP contribution in [0.1, 0.15) is 89.9 Å². The van der Waals surface area contributed by atoms with Gasteiger partial charge in [0, 0.05) is 51.4 Å². The third kappa shape index (κ3) is 7.64. The molecule has 4 heterocycles. The molecule has 2 spiro atoms. The molecule has 6 fully saturated rings. The maximum absolute atomic E-state index is 13.4. The van der Waals surface area contributed by atoms with Crippen LogP contribution in [-0.4, -0.2) is 95.4 Å². The number of aliphatic hydroxyl groups is 2. The van der Waals surface area contributed by atoms with E-state index in [2.05, 4.69) is 19.6 Å². The quantitative estimate of drug-likeness (QED) is 0.325. The van der Waals surface area contributed by atoms with Crippen LogP contribution in [0, 0.1) is 10.8 Å². The minimum atomic E-state index is -0.292. The number of anilines is 2. The number of hydrogen-bond acceptors (Lipinski definition) is 6. The number of hydrogen-bond donors (Lipinski definition) is 2. The number of likely N-dealkylation sites (tertiary alicyclic amines) is 2. The van der Waals surface area contributed by atoms with Crippen molar-refractivity contribution in [2.24, 2.45) is 10.8 Å². The van der Waals surface area contributed by atoms with Gasteiger partial charge >= 0.3 is 0 Å². The molecule has 12 heteroatoms. The van der Waals surface area contributed by atoms with Gasteiger partial charge < -0.3 is 29.8 Å². The molecule has 52 heavy (non-hydrogen) atoms. The fourth-order valence-electron chi connectivity index (χ4n) is 10.0. The minimum Gasteiger partial charge on any atom is -0.393 e. The van der Waals surface area contributed by atoms with E-state index >= 15 is 0 Å². The standard InChI is InChI=1S/2C20H26Cl2N2O2/c2*21-16-3-1-4-17(18(16)22)23-11-2-9-20(13-23)10-12-24(19(20)26)14-5-7-15(25)8-6-14/h2*1,3-4,14-15,25H,2,5-13H2/t2*14?,15?,20-/m00/s1. The lowest BCUT2D eigenvalue weighted by Gasteiger charge is -2.41. The Balaban J connectivity index is 0.000000162. The molecule has 284 valence electrons. The molecule has 2 N–H and O–H groups in total. The summed E-state index contributed by atoms with van der Waals surface area (Å²) in [6, 6.07) is 12.0. The number of rotatable bonds is 4. The zero-order valence-corrected chi connectivity index (χ0v) is 33.0. The van der Waals surface area contributed by atoms with Crippen molar-refractivity contribution in [2.75, 3.05) is 49.1 Å². The highest BCUT2D eigenvalue weighted by Crippen LogP contribution is 2.47. The molecule has 2 aromatic rings. The normalized spacial score (nSPS) is 32.5. The van der Waals surface area contributed by atoms with Crippen LogP contribution in [0.25, 0.3) is 0 Å². The highest BCUT2D eigenvalue weighted by Gasteiger charge is 2.52. The molecule has 0 aromatic heterocycles. The second kappa shape index (κ2) is 16.0. The summed E-state index contributed by atoms with van der Waals surface area (Å²) >= 11 is 25.2. The van der Waals surface area contributed by atoms with Gasteiger partial charge in [0.1, 0.15) is 0 Å². The average molecular weight is 795 g/mol. The Hall–Kier alpha value is -1.94. The van der Waals surface area contributed by atoms with Gasteiger partial charge in [-0.3, -0.25) is 9.59 Å². The molecule has 2 aliphatic carbocycles. The average Bonchev–Trinajstić information content (AvgIpc) is 3.62. The van der Waals surface area contributed by atoms with E-state index in [1.54, 1.807) is 12.1 Å². The van der Waals surface area contributed by atoms with E-state index in [9.17, 15) is 19.8 Å². The van der Waals surface area contributed by atoms with Gasteiger partial charge in [-0.15, -0.1) is 0 Å². The third-order valence-electron chi connectivity index (χ3n) is 13.0. The molecule has 4 saturated heterocycles. The lowest BCUT2D eigenvalue weighted by atomic mass is 9.78. The smallest absolute Gasteiger partial charge is 0.230 e. The summed E-state index contributed by atoms with van der Waals surface area (Å²) in [4.78, 5) is 35.4. The predicted octanol–water partition coefficient (Wildman–Crippen LogP) is 8.23. The Bertz CT molecular complexity index is 1500. The van der Waals surface area contributed by atoms with Crippen molar-refractivity contribution >= 4 is 69.6 Å². The third-order valence-corrected chi connectivity index (χ3v) is 14.6. The van der Waals surface area contributed by atoms with Gasteiger partial charge in [0.2, 0.25) is 11.8 Å². The fourth-order valence-corrected chi connectivity index (χ4v) is 10.9. The summed E-state index contributed by atoms with van der Waals surface area (Å²) in [6.45, 7) is 4.94. The highest BCUT2D eigenvalue weighted by atomic mass is 35.5. The van der Waals surface area contributed by atoms with Crippen molar-refractivity contribution in [2.45, 2.75) is 114 Å². The number of aliphatic hydroxyl groups excluding tert-OH is 2. The first kappa shape index (κ1) is 38.3. The Morgan fingerprint density at radius 3 is 1.31 bits per heavy atom. The Morgan fingerprint density at radius 1 is 0.538 bits per heavy atom. The largest absolute Gasteiger partial charge is 0.393 e. The van der Waals surface area contributed by atoms with Crippen LogP contribution in [0.2, 0.25) is 20.1 Å². The number of halogens is 4. The van der Waals surface area contributed by atoms with Gasteiger partial charge in [-0.2, -0.15) is 0 Å². The maximum atomic E-state index is 13.4. The number of carbonyl (C=O) groups is 2. The second-order valence-electron chi connectivity index (χ2n) is 16.2. The molecule has 2 amide bonds. The van der Waals surface area contributed by atoms with Crippen LogP contribution in [-0.2, 0) is 9.59 Å². The number of piperidine rings is 2. The molecule has 2 saturated carbocycles. The van der Waals surface area contributed by atoms with Gasteiger partial charge in [0.05, 0.1) is 54.5 Å². The van der Waals surface area contributed by atoms with Gasteiger partial charge in [-0.05, 0) is 114 Å². The molecule has 2 aromatic carbocycles. The van der Waals surface area contributed by atoms with E-state index in [1.807, 2.05) is 24.3 Å². The number of carbonyl (C=O) groups excluding carboxylic acids is 2. The van der Waals surface area contributed by atoms with Crippen LogP contribution in [0.5, 0.6) is 0 Å². The Kier molecular flexibility index (Phi) is 11.8. The molecule has 6 aliphatic rings. The van der Waals surface area contributed by atoms with Crippen LogP contribution in [0.4, 0.5) is 11.4 Å². The summed E-state index contributed by atoms with van der Waals surface area (Å²) in [5.41, 5.74) is 1.29.